The van der Waals surface area contributed by atoms with Gasteiger partial charge in [0, 0.05) is 27.1 Å². The minimum absolute atomic E-state index is 0.00393. The summed E-state index contributed by atoms with van der Waals surface area (Å²) in [4.78, 5) is 36.0. The maximum atomic E-state index is 11.3. The van der Waals surface area contributed by atoms with Crippen LogP contribution in [0.3, 0.4) is 0 Å². The fraction of sp³-hybridized carbons (Fsp3) is 0.667. The molecule has 1 heterocycles. The molecule has 1 rings (SSSR count). The molecule has 1 fully saturated rings. The van der Waals surface area contributed by atoms with Gasteiger partial charge in [0.25, 0.3) is 0 Å². The summed E-state index contributed by atoms with van der Waals surface area (Å²) in [6.07, 6.45) is -0.00393. The van der Waals surface area contributed by atoms with Crippen LogP contribution in [0.25, 0.3) is 0 Å². The molecule has 0 aromatic heterocycles. The molecule has 0 aromatic rings. The lowest BCUT2D eigenvalue weighted by Gasteiger charge is -2.18. The van der Waals surface area contributed by atoms with Crippen molar-refractivity contribution >= 4 is 17.8 Å². The Morgan fingerprint density at radius 3 is 2.53 bits per heavy atom. The molecule has 0 bridgehead atoms. The van der Waals surface area contributed by atoms with E-state index in [2.05, 4.69) is 0 Å². The number of carbonyl (C=O) groups excluding carboxylic acids is 2. The van der Waals surface area contributed by atoms with Gasteiger partial charge >= 0.3 is 5.97 Å². The van der Waals surface area contributed by atoms with Crippen LogP contribution in [0.5, 0.6) is 0 Å². The monoisotopic (exact) mass is 214 g/mol. The quantitative estimate of drug-likeness (QED) is 0.654. The summed E-state index contributed by atoms with van der Waals surface area (Å²) in [5.41, 5.74) is 0. The Labute approximate surface area is 87.5 Å². The van der Waals surface area contributed by atoms with Crippen LogP contribution >= 0.6 is 0 Å². The Kier molecular flexibility index (Phi) is 3.28. The van der Waals surface area contributed by atoms with E-state index in [0.29, 0.717) is 0 Å². The van der Waals surface area contributed by atoms with Gasteiger partial charge in [-0.25, -0.2) is 0 Å². The molecule has 2 amide bonds. The number of rotatable bonds is 3. The summed E-state index contributed by atoms with van der Waals surface area (Å²) in [6, 6.07) is 0. The Balaban J connectivity index is 2.55. The number of amides is 2. The molecular formula is C9H14N2O4. The molecule has 15 heavy (non-hydrogen) atoms. The minimum Gasteiger partial charge on any atom is -0.481 e. The van der Waals surface area contributed by atoms with Crippen molar-refractivity contribution in [3.8, 4) is 0 Å². The molecule has 1 aliphatic heterocycles. The van der Waals surface area contributed by atoms with E-state index < -0.39 is 11.9 Å². The van der Waals surface area contributed by atoms with Crippen molar-refractivity contribution in [1.29, 1.82) is 0 Å². The molecule has 0 aliphatic carbocycles. The van der Waals surface area contributed by atoms with Crippen molar-refractivity contribution in [3.05, 3.63) is 0 Å². The molecule has 0 saturated carbocycles. The number of hydrogen-bond donors (Lipinski definition) is 1. The SMILES string of the molecule is CN(C)C(=O)CN1CC(C(=O)O)CC1=O. The van der Waals surface area contributed by atoms with Gasteiger partial charge in [-0.2, -0.15) is 0 Å². The van der Waals surface area contributed by atoms with Crippen molar-refractivity contribution in [3.63, 3.8) is 0 Å². The summed E-state index contributed by atoms with van der Waals surface area (Å²) in [5, 5.41) is 8.72. The number of aliphatic carboxylic acids is 1. The van der Waals surface area contributed by atoms with Crippen LogP contribution in [0.1, 0.15) is 6.42 Å². The Morgan fingerprint density at radius 2 is 2.13 bits per heavy atom. The van der Waals surface area contributed by atoms with Crippen molar-refractivity contribution in [2.75, 3.05) is 27.2 Å². The molecule has 6 heteroatoms. The highest BCUT2D eigenvalue weighted by Crippen LogP contribution is 2.17. The van der Waals surface area contributed by atoms with Crippen LogP contribution in [0.2, 0.25) is 0 Å². The van der Waals surface area contributed by atoms with Crippen molar-refractivity contribution in [2.24, 2.45) is 5.92 Å². The van der Waals surface area contributed by atoms with Crippen LogP contribution in [0, 0.1) is 5.92 Å². The zero-order valence-corrected chi connectivity index (χ0v) is 8.77. The molecule has 1 atom stereocenters. The van der Waals surface area contributed by atoms with Gasteiger partial charge in [-0.15, -0.1) is 0 Å². The summed E-state index contributed by atoms with van der Waals surface area (Å²) in [6.45, 7) is 0.101. The van der Waals surface area contributed by atoms with E-state index in [-0.39, 0.29) is 31.3 Å². The maximum Gasteiger partial charge on any atom is 0.308 e. The van der Waals surface area contributed by atoms with Crippen LogP contribution in [0.4, 0.5) is 0 Å². The normalized spacial score (nSPS) is 20.5. The molecule has 1 N–H and O–H groups in total. The van der Waals surface area contributed by atoms with Crippen LogP contribution in [-0.2, 0) is 14.4 Å². The molecule has 1 aliphatic rings. The lowest BCUT2D eigenvalue weighted by Crippen LogP contribution is -2.37. The number of carbonyl (C=O) groups is 3. The number of hydrogen-bond acceptors (Lipinski definition) is 3. The lowest BCUT2D eigenvalue weighted by atomic mass is 10.1. The standard InChI is InChI=1S/C9H14N2O4/c1-10(2)8(13)5-11-4-6(9(14)15)3-7(11)12/h6H,3-5H2,1-2H3,(H,14,15). The van der Waals surface area contributed by atoms with Gasteiger partial charge in [-0.1, -0.05) is 0 Å². The molecule has 0 aromatic carbocycles. The molecule has 84 valence electrons. The molecule has 1 saturated heterocycles. The van der Waals surface area contributed by atoms with E-state index in [1.165, 1.54) is 9.80 Å². The summed E-state index contributed by atoms with van der Waals surface area (Å²) < 4.78 is 0. The van der Waals surface area contributed by atoms with E-state index in [9.17, 15) is 14.4 Å². The third-order valence-electron chi connectivity index (χ3n) is 2.39. The topological polar surface area (TPSA) is 77.9 Å². The molecule has 6 nitrogen and oxygen atoms in total. The summed E-state index contributed by atoms with van der Waals surface area (Å²) in [7, 11) is 3.19. The highest BCUT2D eigenvalue weighted by atomic mass is 16.4. The van der Waals surface area contributed by atoms with Gasteiger partial charge in [0.2, 0.25) is 11.8 Å². The van der Waals surface area contributed by atoms with Crippen molar-refractivity contribution in [2.45, 2.75) is 6.42 Å². The highest BCUT2D eigenvalue weighted by Gasteiger charge is 2.35. The summed E-state index contributed by atoms with van der Waals surface area (Å²) in [5.74, 6) is -2.12. The minimum atomic E-state index is -0.983. The first-order valence-corrected chi connectivity index (χ1v) is 4.62. The van der Waals surface area contributed by atoms with Gasteiger partial charge in [0.1, 0.15) is 0 Å². The molecule has 0 spiro atoms. The van der Waals surface area contributed by atoms with Gasteiger partial charge in [-0.05, 0) is 0 Å². The predicted molar refractivity (Wildman–Crippen MR) is 51.0 cm³/mol. The van der Waals surface area contributed by atoms with Gasteiger partial charge in [0.15, 0.2) is 0 Å². The summed E-state index contributed by atoms with van der Waals surface area (Å²) >= 11 is 0. The lowest BCUT2D eigenvalue weighted by molar-refractivity contribution is -0.141. The van der Waals surface area contributed by atoms with E-state index >= 15 is 0 Å². The molecular weight excluding hydrogens is 200 g/mol. The van der Waals surface area contributed by atoms with E-state index in [4.69, 9.17) is 5.11 Å². The third-order valence-corrected chi connectivity index (χ3v) is 2.39. The van der Waals surface area contributed by atoms with Crippen molar-refractivity contribution in [1.82, 2.24) is 9.80 Å². The Morgan fingerprint density at radius 1 is 1.53 bits per heavy atom. The number of carboxylic acid groups (broad SMARTS) is 1. The fourth-order valence-corrected chi connectivity index (χ4v) is 1.40. The average Bonchev–Trinajstić information content (AvgIpc) is 2.47. The van der Waals surface area contributed by atoms with E-state index in [1.54, 1.807) is 14.1 Å². The van der Waals surface area contributed by atoms with Crippen LogP contribution < -0.4 is 0 Å². The second-order valence-electron chi connectivity index (χ2n) is 3.80. The maximum absolute atomic E-state index is 11.3. The second kappa shape index (κ2) is 4.29. The largest absolute Gasteiger partial charge is 0.481 e. The third kappa shape index (κ3) is 2.68. The Bertz CT molecular complexity index is 300. The molecule has 0 radical (unpaired) electrons. The highest BCUT2D eigenvalue weighted by molar-refractivity contribution is 5.89. The van der Waals surface area contributed by atoms with Gasteiger partial charge in [-0.3, -0.25) is 14.4 Å². The van der Waals surface area contributed by atoms with Gasteiger partial charge in [0.05, 0.1) is 12.5 Å². The van der Waals surface area contributed by atoms with E-state index in [0.717, 1.165) is 0 Å². The first-order chi connectivity index (χ1) is 6.91. The van der Waals surface area contributed by atoms with Crippen LogP contribution in [0.15, 0.2) is 0 Å². The first-order valence-electron chi connectivity index (χ1n) is 4.62. The number of likely N-dealkylation sites (tertiary alicyclic amines) is 1. The second-order valence-corrected chi connectivity index (χ2v) is 3.80. The fourth-order valence-electron chi connectivity index (χ4n) is 1.40. The van der Waals surface area contributed by atoms with Crippen LogP contribution in [-0.4, -0.2) is 59.9 Å². The number of likely N-dealkylation sites (N-methyl/N-ethyl adjacent to an activating group) is 1. The average molecular weight is 214 g/mol. The smallest absolute Gasteiger partial charge is 0.308 e. The van der Waals surface area contributed by atoms with Crippen molar-refractivity contribution < 1.29 is 19.5 Å². The molecule has 1 unspecified atom stereocenters. The number of carboxylic acids is 1. The predicted octanol–water partition coefficient (Wildman–Crippen LogP) is -0.992. The first kappa shape index (κ1) is 11.5. The Hall–Kier alpha value is -1.59. The zero-order valence-electron chi connectivity index (χ0n) is 8.77. The number of nitrogens with zero attached hydrogens (tertiary/aromatic N) is 2. The zero-order chi connectivity index (χ0) is 11.6. The van der Waals surface area contributed by atoms with E-state index in [1.807, 2.05) is 0 Å². The van der Waals surface area contributed by atoms with Gasteiger partial charge < -0.3 is 14.9 Å².